The van der Waals surface area contributed by atoms with Gasteiger partial charge in [0.25, 0.3) is 0 Å². The molecule has 0 unspecified atom stereocenters. The third kappa shape index (κ3) is 4.25. The molecule has 0 heterocycles. The van der Waals surface area contributed by atoms with Gasteiger partial charge in [-0.1, -0.05) is 12.1 Å². The summed E-state index contributed by atoms with van der Waals surface area (Å²) in [5.41, 5.74) is 6.92. The van der Waals surface area contributed by atoms with Crippen molar-refractivity contribution in [2.24, 2.45) is 0 Å². The van der Waals surface area contributed by atoms with Gasteiger partial charge in [-0.3, -0.25) is 0 Å². The van der Waals surface area contributed by atoms with Gasteiger partial charge >= 0.3 is 0 Å². The molecule has 0 saturated heterocycles. The number of rotatable bonds is 5. The average Bonchev–Trinajstić information content (AvgIpc) is 2.80. The second-order valence-corrected chi connectivity index (χ2v) is 8.63. The van der Waals surface area contributed by atoms with Gasteiger partial charge in [-0.05, 0) is 106 Å². The molecule has 0 aromatic heterocycles. The molecule has 5 nitrogen and oxygen atoms in total. The van der Waals surface area contributed by atoms with Crippen molar-refractivity contribution in [3.63, 3.8) is 0 Å². The van der Waals surface area contributed by atoms with E-state index in [1.165, 1.54) is 0 Å². The van der Waals surface area contributed by atoms with Gasteiger partial charge in [0.05, 0.1) is 11.4 Å². The number of phenols is 3. The molecular formula is C29H29NO4. The van der Waals surface area contributed by atoms with E-state index in [-0.39, 0.29) is 17.2 Å². The largest absolute Gasteiger partial charge is 0.508 e. The highest BCUT2D eigenvalue weighted by Crippen LogP contribution is 2.45. The molecule has 174 valence electrons. The van der Waals surface area contributed by atoms with Crippen LogP contribution in [0.2, 0.25) is 0 Å². The first-order valence-corrected chi connectivity index (χ1v) is 11.1. The van der Waals surface area contributed by atoms with E-state index in [4.69, 9.17) is 4.74 Å². The highest BCUT2D eigenvalue weighted by molar-refractivity contribution is 5.85. The SMILES string of the molecule is Cc1cc(O)ccc1Oc1ccc(N(c2c(C)ccc(O)c2C)c2c(C)ccc(O)c2C)cc1. The summed E-state index contributed by atoms with van der Waals surface area (Å²) in [5.74, 6) is 1.95. The van der Waals surface area contributed by atoms with Gasteiger partial charge < -0.3 is 25.0 Å². The van der Waals surface area contributed by atoms with Crippen LogP contribution in [0, 0.1) is 34.6 Å². The van der Waals surface area contributed by atoms with Crippen molar-refractivity contribution in [3.8, 4) is 28.7 Å². The number of hydrogen-bond donors (Lipinski definition) is 3. The number of aromatic hydroxyl groups is 3. The molecule has 4 rings (SSSR count). The van der Waals surface area contributed by atoms with E-state index >= 15 is 0 Å². The average molecular weight is 456 g/mol. The fraction of sp³-hybridized carbons (Fsp3) is 0.172. The number of phenolic OH excluding ortho intramolecular Hbond substituents is 3. The molecule has 0 spiro atoms. The molecule has 0 bridgehead atoms. The molecule has 3 N–H and O–H groups in total. The number of nitrogens with zero attached hydrogens (tertiary/aromatic N) is 1. The topological polar surface area (TPSA) is 73.2 Å². The molecule has 0 aliphatic heterocycles. The van der Waals surface area contributed by atoms with Crippen LogP contribution in [0.4, 0.5) is 17.1 Å². The van der Waals surface area contributed by atoms with Gasteiger partial charge in [-0.25, -0.2) is 0 Å². The van der Waals surface area contributed by atoms with Gasteiger partial charge in [0.1, 0.15) is 28.7 Å². The second-order valence-electron chi connectivity index (χ2n) is 8.63. The summed E-state index contributed by atoms with van der Waals surface area (Å²) in [4.78, 5) is 2.07. The van der Waals surface area contributed by atoms with Crippen molar-refractivity contribution < 1.29 is 20.1 Å². The Balaban J connectivity index is 1.84. The van der Waals surface area contributed by atoms with Crippen molar-refractivity contribution in [2.45, 2.75) is 34.6 Å². The lowest BCUT2D eigenvalue weighted by atomic mass is 10.0. The summed E-state index contributed by atoms with van der Waals surface area (Å²) >= 11 is 0. The quantitative estimate of drug-likeness (QED) is 0.289. The maximum absolute atomic E-state index is 10.5. The molecule has 5 heteroatoms. The van der Waals surface area contributed by atoms with Crippen LogP contribution < -0.4 is 9.64 Å². The lowest BCUT2D eigenvalue weighted by molar-refractivity contribution is 0.461. The summed E-state index contributed by atoms with van der Waals surface area (Å²) in [6.07, 6.45) is 0. The third-order valence-corrected chi connectivity index (χ3v) is 6.14. The lowest BCUT2D eigenvalue weighted by Crippen LogP contribution is -2.15. The number of anilines is 3. The van der Waals surface area contributed by atoms with Crippen LogP contribution in [0.1, 0.15) is 27.8 Å². The zero-order chi connectivity index (χ0) is 24.6. The fourth-order valence-corrected chi connectivity index (χ4v) is 4.25. The molecule has 0 saturated carbocycles. The fourth-order valence-electron chi connectivity index (χ4n) is 4.25. The molecule has 4 aromatic carbocycles. The van der Waals surface area contributed by atoms with Crippen LogP contribution in [0.25, 0.3) is 0 Å². The van der Waals surface area contributed by atoms with Crippen LogP contribution in [0.15, 0.2) is 66.7 Å². The first-order chi connectivity index (χ1) is 16.2. The Morgan fingerprint density at radius 3 is 1.62 bits per heavy atom. The summed E-state index contributed by atoms with van der Waals surface area (Å²) < 4.78 is 6.03. The molecule has 0 aliphatic carbocycles. The monoisotopic (exact) mass is 455 g/mol. The molecule has 0 fully saturated rings. The first-order valence-electron chi connectivity index (χ1n) is 11.1. The van der Waals surface area contributed by atoms with Crippen molar-refractivity contribution in [1.29, 1.82) is 0 Å². The Bertz CT molecular complexity index is 1300. The van der Waals surface area contributed by atoms with E-state index in [1.54, 1.807) is 30.3 Å². The van der Waals surface area contributed by atoms with E-state index in [1.807, 2.05) is 71.0 Å². The van der Waals surface area contributed by atoms with E-state index in [2.05, 4.69) is 4.90 Å². The Hall–Kier alpha value is -4.12. The van der Waals surface area contributed by atoms with Crippen LogP contribution in [0.3, 0.4) is 0 Å². The summed E-state index contributed by atoms with van der Waals surface area (Å²) in [7, 11) is 0. The maximum atomic E-state index is 10.5. The molecule has 0 amide bonds. The highest BCUT2D eigenvalue weighted by atomic mass is 16.5. The minimum atomic E-state index is 0.199. The highest BCUT2D eigenvalue weighted by Gasteiger charge is 2.23. The molecule has 4 aromatic rings. The second kappa shape index (κ2) is 9.02. The van der Waals surface area contributed by atoms with Crippen molar-refractivity contribution in [3.05, 3.63) is 94.5 Å². The number of aryl methyl sites for hydroxylation is 3. The van der Waals surface area contributed by atoms with Crippen LogP contribution >= 0.6 is 0 Å². The number of benzene rings is 4. The van der Waals surface area contributed by atoms with Gasteiger partial charge in [0.2, 0.25) is 0 Å². The lowest BCUT2D eigenvalue weighted by Gasteiger charge is -2.31. The Morgan fingerprint density at radius 2 is 1.12 bits per heavy atom. The maximum Gasteiger partial charge on any atom is 0.130 e. The Labute approximate surface area is 200 Å². The van der Waals surface area contributed by atoms with E-state index in [9.17, 15) is 15.3 Å². The summed E-state index contributed by atoms with van der Waals surface area (Å²) in [5, 5.41) is 30.6. The van der Waals surface area contributed by atoms with Crippen LogP contribution in [-0.4, -0.2) is 15.3 Å². The third-order valence-electron chi connectivity index (χ3n) is 6.14. The van der Waals surface area contributed by atoms with E-state index in [0.717, 1.165) is 44.9 Å². The van der Waals surface area contributed by atoms with Crippen molar-refractivity contribution >= 4 is 17.1 Å². The Kier molecular flexibility index (Phi) is 6.12. The predicted molar refractivity (Wildman–Crippen MR) is 136 cm³/mol. The van der Waals surface area contributed by atoms with Gasteiger partial charge in [0.15, 0.2) is 0 Å². The molecular weight excluding hydrogens is 426 g/mol. The smallest absolute Gasteiger partial charge is 0.130 e. The molecule has 0 aliphatic rings. The predicted octanol–water partition coefficient (Wildman–Crippen LogP) is 7.61. The van der Waals surface area contributed by atoms with Crippen LogP contribution in [0.5, 0.6) is 28.7 Å². The molecule has 0 radical (unpaired) electrons. The first kappa shape index (κ1) is 23.1. The number of ether oxygens (including phenoxy) is 1. The van der Waals surface area contributed by atoms with Gasteiger partial charge in [0, 0.05) is 16.8 Å². The minimum absolute atomic E-state index is 0.199. The Morgan fingerprint density at radius 1 is 0.588 bits per heavy atom. The zero-order valence-electron chi connectivity index (χ0n) is 20.0. The van der Waals surface area contributed by atoms with Crippen molar-refractivity contribution in [2.75, 3.05) is 4.90 Å². The summed E-state index contributed by atoms with van der Waals surface area (Å²) in [6, 6.07) is 19.9. The van der Waals surface area contributed by atoms with E-state index < -0.39 is 0 Å². The zero-order valence-corrected chi connectivity index (χ0v) is 20.0. The normalized spacial score (nSPS) is 10.9. The van der Waals surface area contributed by atoms with E-state index in [0.29, 0.717) is 11.5 Å². The van der Waals surface area contributed by atoms with Crippen molar-refractivity contribution in [1.82, 2.24) is 0 Å². The minimum Gasteiger partial charge on any atom is -0.508 e. The summed E-state index contributed by atoms with van der Waals surface area (Å²) in [6.45, 7) is 9.68. The standard InChI is InChI=1S/C29H29NO4/c1-17-6-13-25(32)20(4)28(17)30(29-18(2)7-14-26(33)21(29)5)22-8-11-24(12-9-22)34-27-15-10-23(31)16-19(27)3/h6-16,31-33H,1-5H3. The van der Waals surface area contributed by atoms with Gasteiger partial charge in [-0.15, -0.1) is 0 Å². The van der Waals surface area contributed by atoms with Gasteiger partial charge in [-0.2, -0.15) is 0 Å². The molecule has 34 heavy (non-hydrogen) atoms. The van der Waals surface area contributed by atoms with Crippen LogP contribution in [-0.2, 0) is 0 Å². The molecule has 0 atom stereocenters. The number of hydrogen-bond acceptors (Lipinski definition) is 5.